The van der Waals surface area contributed by atoms with Gasteiger partial charge in [0.15, 0.2) is 0 Å². The predicted molar refractivity (Wildman–Crippen MR) is 68.9 cm³/mol. The molecule has 19 heavy (non-hydrogen) atoms. The fourth-order valence-electron chi connectivity index (χ4n) is 1.65. The van der Waals surface area contributed by atoms with Crippen LogP contribution in [-0.4, -0.2) is 11.0 Å². The van der Waals surface area contributed by atoms with Gasteiger partial charge < -0.3 is 14.8 Å². The fourth-order valence-corrected chi connectivity index (χ4v) is 1.65. The van der Waals surface area contributed by atoms with Gasteiger partial charge >= 0.3 is 0 Å². The van der Waals surface area contributed by atoms with Crippen LogP contribution in [0.3, 0.4) is 0 Å². The summed E-state index contributed by atoms with van der Waals surface area (Å²) in [4.78, 5) is 11.3. The number of nitrogens with one attached hydrogen (secondary N) is 1. The normalized spacial score (nSPS) is 9.89. The number of nitriles is 1. The number of aliphatic hydroxyl groups excluding tert-OH is 1. The molecule has 5 heteroatoms. The monoisotopic (exact) mass is 256 g/mol. The lowest BCUT2D eigenvalue weighted by Crippen LogP contribution is -2.09. The summed E-state index contributed by atoms with van der Waals surface area (Å²) < 4.78 is 5.41. The third-order valence-corrected chi connectivity index (χ3v) is 2.49. The Bertz CT molecular complexity index is 626. The van der Waals surface area contributed by atoms with Crippen molar-refractivity contribution in [3.8, 4) is 17.4 Å². The summed E-state index contributed by atoms with van der Waals surface area (Å²) in [7, 11) is 0. The van der Waals surface area contributed by atoms with Crippen molar-refractivity contribution in [3.05, 3.63) is 42.2 Å². The minimum Gasteiger partial charge on any atom is -0.459 e. The number of aliphatic hydroxyl groups is 1. The summed E-state index contributed by atoms with van der Waals surface area (Å²) in [6, 6.07) is 12.3. The zero-order valence-electron chi connectivity index (χ0n) is 10.1. The van der Waals surface area contributed by atoms with Crippen molar-refractivity contribution in [2.75, 3.05) is 5.32 Å². The molecule has 96 valence electrons. The van der Waals surface area contributed by atoms with Gasteiger partial charge in [0.05, 0.1) is 6.07 Å². The van der Waals surface area contributed by atoms with E-state index in [4.69, 9.17) is 14.8 Å². The maximum Gasteiger partial charge on any atom is 0.238 e. The standard InChI is InChI=1S/C14H12N2O3/c15-7-6-14(18)16-11-3-1-2-10(8-11)13-5-4-12(9-17)19-13/h1-5,8,17H,6,9H2,(H,16,18). The van der Waals surface area contributed by atoms with Gasteiger partial charge in [-0.15, -0.1) is 0 Å². The fraction of sp³-hybridized carbons (Fsp3) is 0.143. The molecule has 0 spiro atoms. The van der Waals surface area contributed by atoms with Crippen molar-refractivity contribution in [1.82, 2.24) is 0 Å². The molecule has 0 aliphatic rings. The van der Waals surface area contributed by atoms with Gasteiger partial charge in [0.2, 0.25) is 5.91 Å². The second kappa shape index (κ2) is 5.85. The Morgan fingerprint density at radius 3 is 2.89 bits per heavy atom. The van der Waals surface area contributed by atoms with E-state index in [2.05, 4.69) is 5.32 Å². The summed E-state index contributed by atoms with van der Waals surface area (Å²) in [6.45, 7) is -0.154. The number of nitrogens with zero attached hydrogens (tertiary/aromatic N) is 1. The van der Waals surface area contributed by atoms with E-state index in [0.29, 0.717) is 17.2 Å². The number of furan rings is 1. The highest BCUT2D eigenvalue weighted by atomic mass is 16.4. The van der Waals surface area contributed by atoms with Gasteiger partial charge in [-0.05, 0) is 24.3 Å². The van der Waals surface area contributed by atoms with E-state index < -0.39 is 0 Å². The summed E-state index contributed by atoms with van der Waals surface area (Å²) in [5.41, 5.74) is 1.38. The van der Waals surface area contributed by atoms with Crippen LogP contribution in [0.1, 0.15) is 12.2 Å². The molecular weight excluding hydrogens is 244 g/mol. The van der Waals surface area contributed by atoms with Gasteiger partial charge in [-0.3, -0.25) is 4.79 Å². The number of benzene rings is 1. The molecule has 0 saturated heterocycles. The largest absolute Gasteiger partial charge is 0.459 e. The lowest BCUT2D eigenvalue weighted by atomic mass is 10.1. The molecule has 2 aromatic rings. The van der Waals surface area contributed by atoms with Crippen molar-refractivity contribution < 1.29 is 14.3 Å². The third-order valence-electron chi connectivity index (χ3n) is 2.49. The molecule has 1 amide bonds. The Morgan fingerprint density at radius 2 is 2.21 bits per heavy atom. The molecule has 0 radical (unpaired) electrons. The van der Waals surface area contributed by atoms with Crippen molar-refractivity contribution in [2.45, 2.75) is 13.0 Å². The first-order valence-corrected chi connectivity index (χ1v) is 5.69. The molecule has 0 unspecified atom stereocenters. The first-order valence-electron chi connectivity index (χ1n) is 5.69. The second-order valence-corrected chi connectivity index (χ2v) is 3.89. The molecule has 0 aliphatic heterocycles. The zero-order chi connectivity index (χ0) is 13.7. The Morgan fingerprint density at radius 1 is 1.37 bits per heavy atom. The van der Waals surface area contributed by atoms with Crippen LogP contribution in [0.25, 0.3) is 11.3 Å². The van der Waals surface area contributed by atoms with Gasteiger partial charge in [0.25, 0.3) is 0 Å². The maximum absolute atomic E-state index is 11.3. The number of rotatable bonds is 4. The number of carbonyl (C=O) groups is 1. The molecule has 0 aliphatic carbocycles. The quantitative estimate of drug-likeness (QED) is 0.878. The molecule has 0 bridgehead atoms. The van der Waals surface area contributed by atoms with Gasteiger partial charge in [0.1, 0.15) is 24.5 Å². The number of amides is 1. The number of hydrogen-bond acceptors (Lipinski definition) is 4. The molecule has 1 aromatic heterocycles. The molecular formula is C14H12N2O3. The van der Waals surface area contributed by atoms with Crippen LogP contribution >= 0.6 is 0 Å². The molecule has 2 N–H and O–H groups in total. The van der Waals surface area contributed by atoms with Crippen LogP contribution in [0, 0.1) is 11.3 Å². The van der Waals surface area contributed by atoms with E-state index in [9.17, 15) is 4.79 Å². The minimum absolute atomic E-state index is 0.154. The van der Waals surface area contributed by atoms with Crippen molar-refractivity contribution in [1.29, 1.82) is 5.26 Å². The second-order valence-electron chi connectivity index (χ2n) is 3.89. The smallest absolute Gasteiger partial charge is 0.238 e. The SMILES string of the molecule is N#CCC(=O)Nc1cccc(-c2ccc(CO)o2)c1. The molecule has 0 saturated carbocycles. The van der Waals surface area contributed by atoms with E-state index in [1.165, 1.54) is 0 Å². The summed E-state index contributed by atoms with van der Waals surface area (Å²) >= 11 is 0. The number of anilines is 1. The van der Waals surface area contributed by atoms with Crippen molar-refractivity contribution >= 4 is 11.6 Å². The topological polar surface area (TPSA) is 86.3 Å². The Kier molecular flexibility index (Phi) is 3.96. The molecule has 1 aromatic carbocycles. The van der Waals surface area contributed by atoms with Crippen LogP contribution in [0.15, 0.2) is 40.8 Å². The lowest BCUT2D eigenvalue weighted by Gasteiger charge is -2.04. The Labute approximate surface area is 110 Å². The Balaban J connectivity index is 2.19. The van der Waals surface area contributed by atoms with E-state index in [1.54, 1.807) is 36.4 Å². The van der Waals surface area contributed by atoms with Crippen LogP contribution < -0.4 is 5.32 Å². The highest BCUT2D eigenvalue weighted by Gasteiger charge is 2.06. The van der Waals surface area contributed by atoms with E-state index in [-0.39, 0.29) is 18.9 Å². The molecule has 0 atom stereocenters. The van der Waals surface area contributed by atoms with Crippen LogP contribution in [0.5, 0.6) is 0 Å². The summed E-state index contributed by atoms with van der Waals surface area (Å²) in [6.07, 6.45) is -0.181. The van der Waals surface area contributed by atoms with Gasteiger partial charge in [-0.2, -0.15) is 5.26 Å². The molecule has 0 fully saturated rings. The molecule has 5 nitrogen and oxygen atoms in total. The molecule has 1 heterocycles. The first kappa shape index (κ1) is 12.9. The van der Waals surface area contributed by atoms with E-state index in [1.807, 2.05) is 6.07 Å². The number of hydrogen-bond donors (Lipinski definition) is 2. The van der Waals surface area contributed by atoms with E-state index >= 15 is 0 Å². The maximum atomic E-state index is 11.3. The molecule has 2 rings (SSSR count). The number of carbonyl (C=O) groups excluding carboxylic acids is 1. The van der Waals surface area contributed by atoms with Gasteiger partial charge in [-0.25, -0.2) is 0 Å². The van der Waals surface area contributed by atoms with Crippen LogP contribution in [0.2, 0.25) is 0 Å². The highest BCUT2D eigenvalue weighted by Crippen LogP contribution is 2.24. The third kappa shape index (κ3) is 3.21. The van der Waals surface area contributed by atoms with Crippen LogP contribution in [-0.2, 0) is 11.4 Å². The van der Waals surface area contributed by atoms with Crippen molar-refractivity contribution in [3.63, 3.8) is 0 Å². The average Bonchev–Trinajstić information content (AvgIpc) is 2.88. The summed E-state index contributed by atoms with van der Waals surface area (Å²) in [5, 5.41) is 20.0. The Hall–Kier alpha value is -2.58. The summed E-state index contributed by atoms with van der Waals surface area (Å²) in [5.74, 6) is 0.740. The van der Waals surface area contributed by atoms with Gasteiger partial charge in [0, 0.05) is 11.3 Å². The lowest BCUT2D eigenvalue weighted by molar-refractivity contribution is -0.115. The predicted octanol–water partition coefficient (Wildman–Crippen LogP) is 2.29. The minimum atomic E-state index is -0.352. The first-order chi connectivity index (χ1) is 9.22. The van der Waals surface area contributed by atoms with Gasteiger partial charge in [-0.1, -0.05) is 12.1 Å². The van der Waals surface area contributed by atoms with E-state index in [0.717, 1.165) is 5.56 Å². The van der Waals surface area contributed by atoms with Crippen molar-refractivity contribution in [2.24, 2.45) is 0 Å². The van der Waals surface area contributed by atoms with Crippen LogP contribution in [0.4, 0.5) is 5.69 Å². The zero-order valence-corrected chi connectivity index (χ0v) is 10.1. The highest BCUT2D eigenvalue weighted by molar-refractivity contribution is 5.92. The average molecular weight is 256 g/mol.